The van der Waals surface area contributed by atoms with Crippen molar-refractivity contribution in [3.05, 3.63) is 30.3 Å². The monoisotopic (exact) mass is 295 g/mol. The van der Waals surface area contributed by atoms with Crippen LogP contribution in [-0.4, -0.2) is 36.2 Å². The summed E-state index contributed by atoms with van der Waals surface area (Å²) in [6.45, 7) is 7.36. The third-order valence-corrected chi connectivity index (χ3v) is 6.67. The second-order valence-corrected chi connectivity index (χ2v) is 8.08. The van der Waals surface area contributed by atoms with Gasteiger partial charge in [0.1, 0.15) is 7.14 Å². The summed E-state index contributed by atoms with van der Waals surface area (Å²) in [6, 6.07) is 9.50. The Morgan fingerprint density at radius 3 is 2.20 bits per heavy atom. The lowest BCUT2D eigenvalue weighted by atomic mass is 10.4. The topological polar surface area (TPSA) is 37.4 Å². The largest absolute Gasteiger partial charge is 0.343 e. The van der Waals surface area contributed by atoms with Gasteiger partial charge < -0.3 is 9.46 Å². The van der Waals surface area contributed by atoms with Crippen LogP contribution in [0.3, 0.4) is 0 Å². The van der Waals surface area contributed by atoms with Crippen LogP contribution >= 0.6 is 7.14 Å². The van der Waals surface area contributed by atoms with Crippen molar-refractivity contribution in [2.75, 3.05) is 25.4 Å². The number of rotatable bonds is 8. The molecule has 0 bridgehead atoms. The molecule has 1 atom stereocenters. The van der Waals surface area contributed by atoms with E-state index >= 15 is 0 Å². The van der Waals surface area contributed by atoms with Gasteiger partial charge in [-0.2, -0.15) is 0 Å². The van der Waals surface area contributed by atoms with E-state index in [4.69, 9.17) is 0 Å². The van der Waals surface area contributed by atoms with Gasteiger partial charge in [-0.1, -0.05) is 43.7 Å². The van der Waals surface area contributed by atoms with Crippen LogP contribution in [0.2, 0.25) is 0 Å². The molecular formula is C16H26NO2P. The van der Waals surface area contributed by atoms with Crippen LogP contribution in [0, 0.1) is 0 Å². The van der Waals surface area contributed by atoms with Crippen molar-refractivity contribution in [3.8, 4) is 0 Å². The third-order valence-electron chi connectivity index (χ3n) is 3.61. The summed E-state index contributed by atoms with van der Waals surface area (Å²) in [5.41, 5.74) is 0. The molecule has 0 aromatic heterocycles. The molecule has 112 valence electrons. The first kappa shape index (κ1) is 17.0. The molecule has 0 radical (unpaired) electrons. The quantitative estimate of drug-likeness (QED) is 0.690. The van der Waals surface area contributed by atoms with Gasteiger partial charge in [-0.15, -0.1) is 0 Å². The highest BCUT2D eigenvalue weighted by molar-refractivity contribution is 7.72. The maximum absolute atomic E-state index is 13.3. The molecule has 0 aliphatic carbocycles. The second kappa shape index (κ2) is 8.26. The number of carbonyl (C=O) groups is 1. The van der Waals surface area contributed by atoms with Gasteiger partial charge in [0.15, 0.2) is 0 Å². The number of benzene rings is 1. The normalized spacial score (nSPS) is 13.8. The van der Waals surface area contributed by atoms with Gasteiger partial charge >= 0.3 is 0 Å². The van der Waals surface area contributed by atoms with Crippen molar-refractivity contribution in [1.29, 1.82) is 0 Å². The van der Waals surface area contributed by atoms with Gasteiger partial charge in [0.05, 0.1) is 6.16 Å². The summed E-state index contributed by atoms with van der Waals surface area (Å²) >= 11 is 0. The number of hydrogen-bond donors (Lipinski definition) is 0. The maximum Gasteiger partial charge on any atom is 0.230 e. The van der Waals surface area contributed by atoms with E-state index in [2.05, 4.69) is 6.92 Å². The summed E-state index contributed by atoms with van der Waals surface area (Å²) in [4.78, 5) is 14.1. The fourth-order valence-corrected chi connectivity index (χ4v) is 5.09. The molecule has 3 nitrogen and oxygen atoms in total. The number of carbonyl (C=O) groups excluding carboxylic acids is 1. The summed E-state index contributed by atoms with van der Waals surface area (Å²) in [5, 5.41) is 0.842. The Labute approximate surface area is 122 Å². The molecule has 1 amide bonds. The minimum Gasteiger partial charge on any atom is -0.343 e. The Hall–Kier alpha value is -1.08. The summed E-state index contributed by atoms with van der Waals surface area (Å²) in [7, 11) is -2.62. The zero-order valence-corrected chi connectivity index (χ0v) is 13.7. The summed E-state index contributed by atoms with van der Waals surface area (Å²) in [5.74, 6) is 0.0123. The Balaban J connectivity index is 2.95. The lowest BCUT2D eigenvalue weighted by molar-refractivity contribution is -0.128. The minimum atomic E-state index is -2.62. The van der Waals surface area contributed by atoms with Gasteiger partial charge in [0, 0.05) is 24.6 Å². The van der Waals surface area contributed by atoms with Crippen LogP contribution in [-0.2, 0) is 9.36 Å². The first-order valence-corrected chi connectivity index (χ1v) is 9.56. The Morgan fingerprint density at radius 1 is 1.10 bits per heavy atom. The predicted molar refractivity (Wildman–Crippen MR) is 86.3 cm³/mol. The van der Waals surface area contributed by atoms with Gasteiger partial charge in [0.2, 0.25) is 5.91 Å². The fraction of sp³-hybridized carbons (Fsp3) is 0.562. The molecule has 0 fully saturated rings. The first-order valence-electron chi connectivity index (χ1n) is 7.48. The zero-order valence-electron chi connectivity index (χ0n) is 12.8. The number of hydrogen-bond acceptors (Lipinski definition) is 2. The van der Waals surface area contributed by atoms with Crippen molar-refractivity contribution >= 4 is 18.4 Å². The lowest BCUT2D eigenvalue weighted by Gasteiger charge is -2.23. The van der Waals surface area contributed by atoms with Crippen LogP contribution in [0.1, 0.15) is 33.6 Å². The number of amides is 1. The molecule has 0 spiro atoms. The van der Waals surface area contributed by atoms with Crippen LogP contribution < -0.4 is 5.30 Å². The van der Waals surface area contributed by atoms with Crippen LogP contribution in [0.25, 0.3) is 0 Å². The van der Waals surface area contributed by atoms with Crippen molar-refractivity contribution in [1.82, 2.24) is 4.90 Å². The van der Waals surface area contributed by atoms with Crippen molar-refractivity contribution in [2.45, 2.75) is 33.6 Å². The molecule has 0 N–H and O–H groups in total. The molecule has 0 aliphatic rings. The highest BCUT2D eigenvalue weighted by Crippen LogP contribution is 2.45. The van der Waals surface area contributed by atoms with Crippen molar-refractivity contribution < 1.29 is 9.36 Å². The van der Waals surface area contributed by atoms with Gasteiger partial charge in [0.25, 0.3) is 0 Å². The maximum atomic E-state index is 13.3. The Bertz CT molecular complexity index is 455. The Morgan fingerprint density at radius 2 is 1.70 bits per heavy atom. The molecular weight excluding hydrogens is 269 g/mol. The van der Waals surface area contributed by atoms with Crippen molar-refractivity contribution in [3.63, 3.8) is 0 Å². The Kier molecular flexibility index (Phi) is 7.01. The van der Waals surface area contributed by atoms with E-state index < -0.39 is 7.14 Å². The van der Waals surface area contributed by atoms with Gasteiger partial charge in [-0.25, -0.2) is 0 Å². The first-order chi connectivity index (χ1) is 9.57. The second-order valence-electron chi connectivity index (χ2n) is 5.03. The molecule has 4 heteroatoms. The molecule has 0 aliphatic heterocycles. The number of unbranched alkanes of at least 4 members (excludes halogenated alkanes) is 1. The van der Waals surface area contributed by atoms with Gasteiger partial charge in [-0.3, -0.25) is 4.79 Å². The average molecular weight is 295 g/mol. The molecule has 20 heavy (non-hydrogen) atoms. The highest BCUT2D eigenvalue weighted by Gasteiger charge is 2.28. The molecule has 0 saturated carbocycles. The summed E-state index contributed by atoms with van der Waals surface area (Å²) in [6.07, 6.45) is 2.69. The predicted octanol–water partition coefficient (Wildman–Crippen LogP) is 3.34. The van der Waals surface area contributed by atoms with Crippen LogP contribution in [0.15, 0.2) is 30.3 Å². The highest BCUT2D eigenvalue weighted by atomic mass is 31.2. The molecule has 1 aromatic rings. The zero-order chi connectivity index (χ0) is 15.0. The minimum absolute atomic E-state index is 0.0123. The summed E-state index contributed by atoms with van der Waals surface area (Å²) < 4.78 is 13.3. The average Bonchev–Trinajstić information content (AvgIpc) is 2.47. The van der Waals surface area contributed by atoms with E-state index in [0.29, 0.717) is 19.3 Å². The van der Waals surface area contributed by atoms with Crippen LogP contribution in [0.5, 0.6) is 0 Å². The van der Waals surface area contributed by atoms with E-state index in [1.165, 1.54) is 0 Å². The van der Waals surface area contributed by atoms with E-state index in [0.717, 1.165) is 18.1 Å². The molecule has 1 rings (SSSR count). The fourth-order valence-electron chi connectivity index (χ4n) is 2.31. The third kappa shape index (κ3) is 4.49. The van der Waals surface area contributed by atoms with E-state index in [9.17, 15) is 9.36 Å². The lowest BCUT2D eigenvalue weighted by Crippen LogP contribution is -2.34. The molecule has 0 heterocycles. The number of nitrogens with zero attached hydrogens (tertiary/aromatic N) is 1. The van der Waals surface area contributed by atoms with Crippen molar-refractivity contribution in [2.24, 2.45) is 0 Å². The molecule has 1 aromatic carbocycles. The van der Waals surface area contributed by atoms with Crippen LogP contribution in [0.4, 0.5) is 0 Å². The standard InChI is InChI=1S/C16H26NO2P/c1-4-7-13-20(19,15-11-9-8-10-12-15)14-16(18)17(5-2)6-3/h8-12H,4-7,13-14H2,1-3H3. The molecule has 0 saturated heterocycles. The van der Waals surface area contributed by atoms with E-state index in [-0.39, 0.29) is 12.1 Å². The molecule has 1 unspecified atom stereocenters. The smallest absolute Gasteiger partial charge is 0.230 e. The SMILES string of the molecule is CCCCP(=O)(CC(=O)N(CC)CC)c1ccccc1. The van der Waals surface area contributed by atoms with E-state index in [1.54, 1.807) is 4.90 Å². The van der Waals surface area contributed by atoms with E-state index in [1.807, 2.05) is 44.2 Å². The van der Waals surface area contributed by atoms with Gasteiger partial charge in [-0.05, 0) is 20.3 Å².